The molecule has 1 N–H and O–H groups in total. The molecule has 4 unspecified atom stereocenters. The molecule has 104 valence electrons. The molecule has 0 bridgehead atoms. The number of aliphatic hydroxyl groups is 1. The van der Waals surface area contributed by atoms with Crippen LogP contribution in [-0.2, 0) is 13.5 Å². The van der Waals surface area contributed by atoms with Gasteiger partial charge >= 0.3 is 0 Å². The zero-order valence-electron chi connectivity index (χ0n) is 11.3. The fourth-order valence-electron chi connectivity index (χ4n) is 3.99. The molecule has 4 rings (SSSR count). The molecule has 2 aliphatic rings. The third-order valence-electron chi connectivity index (χ3n) is 4.97. The second-order valence-corrected chi connectivity index (χ2v) is 6.36. The number of halogens is 1. The minimum Gasteiger partial charge on any atom is -0.386 e. The Bertz CT molecular complexity index is 647. The zero-order chi connectivity index (χ0) is 13.9. The first kappa shape index (κ1) is 12.4. The summed E-state index contributed by atoms with van der Waals surface area (Å²) in [5, 5.41) is 15.4. The van der Waals surface area contributed by atoms with E-state index < -0.39 is 6.10 Å². The van der Waals surface area contributed by atoms with Gasteiger partial charge in [0.2, 0.25) is 0 Å². The molecule has 3 nitrogen and oxygen atoms in total. The Balaban J connectivity index is 1.67. The van der Waals surface area contributed by atoms with Gasteiger partial charge in [-0.15, -0.1) is 0 Å². The highest BCUT2D eigenvalue weighted by Gasteiger charge is 2.57. The van der Waals surface area contributed by atoms with E-state index in [4.69, 9.17) is 11.6 Å². The van der Waals surface area contributed by atoms with E-state index in [0.29, 0.717) is 16.9 Å². The van der Waals surface area contributed by atoms with Crippen LogP contribution in [0.1, 0.15) is 35.3 Å². The Morgan fingerprint density at radius 3 is 2.95 bits per heavy atom. The molecule has 1 saturated carbocycles. The molecule has 20 heavy (non-hydrogen) atoms. The standard InChI is InChI=1S/C16H17ClN2O/c1-19-15(12(17)8-18-19)16(20)14-11-7-6-9-4-2-3-5-10(9)13(11)14/h2-5,8,11,13-14,16,20H,6-7H2,1H3. The molecule has 0 radical (unpaired) electrons. The van der Waals surface area contributed by atoms with Crippen LogP contribution in [0.25, 0.3) is 0 Å². The van der Waals surface area contributed by atoms with Crippen LogP contribution in [0.2, 0.25) is 5.02 Å². The van der Waals surface area contributed by atoms with Gasteiger partial charge in [-0.25, -0.2) is 0 Å². The van der Waals surface area contributed by atoms with Crippen LogP contribution in [0.3, 0.4) is 0 Å². The Morgan fingerprint density at radius 2 is 2.20 bits per heavy atom. The van der Waals surface area contributed by atoms with Crippen molar-refractivity contribution in [2.75, 3.05) is 0 Å². The molecule has 0 aliphatic heterocycles. The number of hydrogen-bond acceptors (Lipinski definition) is 2. The molecule has 4 atom stereocenters. The van der Waals surface area contributed by atoms with Crippen LogP contribution in [0.15, 0.2) is 30.5 Å². The molecule has 1 aromatic carbocycles. The van der Waals surface area contributed by atoms with Crippen molar-refractivity contribution in [3.8, 4) is 0 Å². The van der Waals surface area contributed by atoms with E-state index in [9.17, 15) is 5.11 Å². The van der Waals surface area contributed by atoms with Crippen molar-refractivity contribution in [3.05, 3.63) is 52.3 Å². The van der Waals surface area contributed by atoms with Gasteiger partial charge in [0.25, 0.3) is 0 Å². The lowest BCUT2D eigenvalue weighted by molar-refractivity contribution is 0.136. The van der Waals surface area contributed by atoms with Crippen molar-refractivity contribution in [2.45, 2.75) is 24.9 Å². The fourth-order valence-corrected chi connectivity index (χ4v) is 4.26. The van der Waals surface area contributed by atoms with Gasteiger partial charge in [0.05, 0.1) is 16.9 Å². The van der Waals surface area contributed by atoms with E-state index in [1.165, 1.54) is 17.5 Å². The molecule has 0 saturated heterocycles. The Hall–Kier alpha value is -1.32. The van der Waals surface area contributed by atoms with Gasteiger partial charge in [-0.05, 0) is 35.8 Å². The monoisotopic (exact) mass is 288 g/mol. The van der Waals surface area contributed by atoms with Gasteiger partial charge in [-0.3, -0.25) is 4.68 Å². The number of aromatic nitrogens is 2. The van der Waals surface area contributed by atoms with E-state index >= 15 is 0 Å². The largest absolute Gasteiger partial charge is 0.386 e. The van der Waals surface area contributed by atoms with Crippen molar-refractivity contribution < 1.29 is 5.11 Å². The van der Waals surface area contributed by atoms with Gasteiger partial charge in [0.15, 0.2) is 0 Å². The molecule has 1 heterocycles. The van der Waals surface area contributed by atoms with E-state index in [1.54, 1.807) is 10.9 Å². The maximum absolute atomic E-state index is 10.7. The predicted molar refractivity (Wildman–Crippen MR) is 77.7 cm³/mol. The number of benzene rings is 1. The van der Waals surface area contributed by atoms with Crippen LogP contribution < -0.4 is 0 Å². The van der Waals surface area contributed by atoms with Crippen molar-refractivity contribution >= 4 is 11.6 Å². The van der Waals surface area contributed by atoms with Crippen LogP contribution in [0.4, 0.5) is 0 Å². The first-order chi connectivity index (χ1) is 9.68. The first-order valence-electron chi connectivity index (χ1n) is 7.11. The van der Waals surface area contributed by atoms with Gasteiger partial charge in [0.1, 0.15) is 6.10 Å². The molecule has 0 spiro atoms. The number of hydrogen-bond donors (Lipinski definition) is 1. The molecule has 0 amide bonds. The summed E-state index contributed by atoms with van der Waals surface area (Å²) in [5.41, 5.74) is 3.62. The van der Waals surface area contributed by atoms with Crippen LogP contribution in [0.5, 0.6) is 0 Å². The Morgan fingerprint density at radius 1 is 1.40 bits per heavy atom. The predicted octanol–water partition coefficient (Wildman–Crippen LogP) is 3.08. The average molecular weight is 289 g/mol. The summed E-state index contributed by atoms with van der Waals surface area (Å²) in [4.78, 5) is 0. The summed E-state index contributed by atoms with van der Waals surface area (Å²) >= 11 is 6.17. The van der Waals surface area contributed by atoms with Crippen LogP contribution in [-0.4, -0.2) is 14.9 Å². The molecule has 1 aromatic heterocycles. The van der Waals surface area contributed by atoms with Crippen molar-refractivity contribution in [1.82, 2.24) is 9.78 Å². The lowest BCUT2D eigenvalue weighted by Crippen LogP contribution is -2.09. The first-order valence-corrected chi connectivity index (χ1v) is 7.49. The normalized spacial score (nSPS) is 28.6. The van der Waals surface area contributed by atoms with E-state index in [-0.39, 0.29) is 5.92 Å². The quantitative estimate of drug-likeness (QED) is 0.922. The third kappa shape index (κ3) is 1.66. The topological polar surface area (TPSA) is 38.0 Å². The smallest absolute Gasteiger partial charge is 0.101 e. The van der Waals surface area contributed by atoms with E-state index in [2.05, 4.69) is 29.4 Å². The lowest BCUT2D eigenvalue weighted by Gasteiger charge is -2.13. The van der Waals surface area contributed by atoms with Gasteiger partial charge in [-0.1, -0.05) is 35.9 Å². The molecule has 2 aromatic rings. The SMILES string of the molecule is Cn1ncc(Cl)c1C(O)C1C2CCc3ccccc3C21. The minimum atomic E-state index is -0.517. The second-order valence-electron chi connectivity index (χ2n) is 5.95. The summed E-state index contributed by atoms with van der Waals surface area (Å²) in [6.07, 6.45) is 3.38. The maximum atomic E-state index is 10.7. The highest BCUT2D eigenvalue weighted by molar-refractivity contribution is 6.31. The highest BCUT2D eigenvalue weighted by atomic mass is 35.5. The van der Waals surface area contributed by atoms with Gasteiger partial charge in [-0.2, -0.15) is 5.10 Å². The van der Waals surface area contributed by atoms with Crippen molar-refractivity contribution in [2.24, 2.45) is 18.9 Å². The van der Waals surface area contributed by atoms with Gasteiger partial charge < -0.3 is 5.11 Å². The van der Waals surface area contributed by atoms with E-state index in [1.807, 2.05) is 7.05 Å². The van der Waals surface area contributed by atoms with Crippen molar-refractivity contribution in [3.63, 3.8) is 0 Å². The molecule has 2 aliphatic carbocycles. The fraction of sp³-hybridized carbons (Fsp3) is 0.438. The van der Waals surface area contributed by atoms with Crippen LogP contribution >= 0.6 is 11.6 Å². The summed E-state index contributed by atoms with van der Waals surface area (Å²) in [5.74, 6) is 1.36. The molecule has 1 fully saturated rings. The highest BCUT2D eigenvalue weighted by Crippen LogP contribution is 2.64. The maximum Gasteiger partial charge on any atom is 0.101 e. The van der Waals surface area contributed by atoms with Crippen LogP contribution in [0, 0.1) is 11.8 Å². The summed E-state index contributed by atoms with van der Waals surface area (Å²) in [7, 11) is 1.84. The molecular formula is C16H17ClN2O. The summed E-state index contributed by atoms with van der Waals surface area (Å²) in [6, 6.07) is 8.62. The minimum absolute atomic E-state index is 0.284. The third-order valence-corrected chi connectivity index (χ3v) is 5.26. The number of rotatable bonds is 2. The Labute approximate surface area is 123 Å². The lowest BCUT2D eigenvalue weighted by atomic mass is 9.92. The number of aryl methyl sites for hydroxylation is 2. The molecular weight excluding hydrogens is 272 g/mol. The summed E-state index contributed by atoms with van der Waals surface area (Å²) in [6.45, 7) is 0. The van der Waals surface area contributed by atoms with E-state index in [0.717, 1.165) is 12.1 Å². The number of nitrogens with zero attached hydrogens (tertiary/aromatic N) is 2. The molecule has 4 heteroatoms. The Kier molecular flexibility index (Phi) is 2.69. The average Bonchev–Trinajstić information content (AvgIpc) is 3.11. The van der Waals surface area contributed by atoms with Crippen molar-refractivity contribution in [1.29, 1.82) is 0 Å². The zero-order valence-corrected chi connectivity index (χ0v) is 12.1. The van der Waals surface area contributed by atoms with Gasteiger partial charge in [0, 0.05) is 13.0 Å². The summed E-state index contributed by atoms with van der Waals surface area (Å²) < 4.78 is 1.70. The second kappa shape index (κ2) is 4.34. The number of fused-ring (bicyclic) bond motifs is 3. The number of aliphatic hydroxyl groups excluding tert-OH is 1.